The Hall–Kier alpha value is -0.570. The van der Waals surface area contributed by atoms with Gasteiger partial charge in [0.2, 0.25) is 0 Å². The molecular weight excluding hydrogens is 280 g/mol. The SMILES string of the molecule is CN(CCCCCCNC(C)(C)C)Cc1cccc(Cl)c1. The Labute approximate surface area is 135 Å². The van der Waals surface area contributed by atoms with Crippen molar-refractivity contribution in [3.63, 3.8) is 0 Å². The van der Waals surface area contributed by atoms with Crippen LogP contribution in [-0.4, -0.2) is 30.6 Å². The molecule has 1 aromatic carbocycles. The third kappa shape index (κ3) is 9.89. The minimum Gasteiger partial charge on any atom is -0.312 e. The number of benzene rings is 1. The van der Waals surface area contributed by atoms with Crippen LogP contribution in [0.4, 0.5) is 0 Å². The minimum absolute atomic E-state index is 0.247. The average Bonchev–Trinajstić information content (AvgIpc) is 2.36. The zero-order chi connectivity index (χ0) is 15.7. The highest BCUT2D eigenvalue weighted by Crippen LogP contribution is 2.12. The van der Waals surface area contributed by atoms with Gasteiger partial charge >= 0.3 is 0 Å². The molecule has 0 heterocycles. The Morgan fingerprint density at radius 1 is 1.10 bits per heavy atom. The smallest absolute Gasteiger partial charge is 0.0409 e. The molecule has 1 N–H and O–H groups in total. The van der Waals surface area contributed by atoms with E-state index < -0.39 is 0 Å². The summed E-state index contributed by atoms with van der Waals surface area (Å²) in [6.45, 7) is 9.92. The van der Waals surface area contributed by atoms with Gasteiger partial charge in [0.1, 0.15) is 0 Å². The summed E-state index contributed by atoms with van der Waals surface area (Å²) in [6, 6.07) is 8.14. The van der Waals surface area contributed by atoms with E-state index in [0.29, 0.717) is 0 Å². The van der Waals surface area contributed by atoms with Crippen LogP contribution in [-0.2, 0) is 6.54 Å². The predicted octanol–water partition coefficient (Wildman–Crippen LogP) is 4.72. The molecule has 21 heavy (non-hydrogen) atoms. The van der Waals surface area contributed by atoms with Crippen molar-refractivity contribution in [2.24, 2.45) is 0 Å². The molecule has 0 saturated carbocycles. The molecule has 0 aliphatic heterocycles. The molecule has 0 spiro atoms. The number of hydrogen-bond acceptors (Lipinski definition) is 2. The van der Waals surface area contributed by atoms with Gasteiger partial charge in [0.15, 0.2) is 0 Å². The van der Waals surface area contributed by atoms with Gasteiger partial charge in [0, 0.05) is 17.1 Å². The van der Waals surface area contributed by atoms with Crippen molar-refractivity contribution >= 4 is 11.6 Å². The standard InChI is InChI=1S/C18H31ClN2/c1-18(2,3)20-12-7-5-6-8-13-21(4)15-16-10-9-11-17(19)14-16/h9-11,14,20H,5-8,12-13,15H2,1-4H3. The molecule has 0 saturated heterocycles. The third-order valence-corrected chi connectivity index (χ3v) is 3.70. The lowest BCUT2D eigenvalue weighted by molar-refractivity contribution is 0.316. The largest absolute Gasteiger partial charge is 0.312 e. The van der Waals surface area contributed by atoms with E-state index in [1.165, 1.54) is 31.2 Å². The van der Waals surface area contributed by atoms with Crippen LogP contribution in [0, 0.1) is 0 Å². The molecule has 0 amide bonds. The van der Waals surface area contributed by atoms with Crippen molar-refractivity contribution in [1.29, 1.82) is 0 Å². The Kier molecular flexibility index (Phi) is 8.31. The molecule has 2 nitrogen and oxygen atoms in total. The monoisotopic (exact) mass is 310 g/mol. The van der Waals surface area contributed by atoms with E-state index >= 15 is 0 Å². The maximum Gasteiger partial charge on any atom is 0.0409 e. The third-order valence-electron chi connectivity index (χ3n) is 3.46. The zero-order valence-corrected chi connectivity index (χ0v) is 14.8. The van der Waals surface area contributed by atoms with Crippen molar-refractivity contribution in [2.45, 2.75) is 58.5 Å². The Bertz CT molecular complexity index is 398. The number of hydrogen-bond donors (Lipinski definition) is 1. The quantitative estimate of drug-likeness (QED) is 0.664. The van der Waals surface area contributed by atoms with Crippen LogP contribution in [0.15, 0.2) is 24.3 Å². The van der Waals surface area contributed by atoms with E-state index in [9.17, 15) is 0 Å². The zero-order valence-electron chi connectivity index (χ0n) is 14.1. The summed E-state index contributed by atoms with van der Waals surface area (Å²) < 4.78 is 0. The molecular formula is C18H31ClN2. The summed E-state index contributed by atoms with van der Waals surface area (Å²) in [6.07, 6.45) is 5.17. The number of nitrogens with zero attached hydrogens (tertiary/aromatic N) is 1. The first kappa shape index (κ1) is 18.5. The van der Waals surface area contributed by atoms with E-state index in [0.717, 1.165) is 24.7 Å². The van der Waals surface area contributed by atoms with E-state index in [2.05, 4.69) is 50.2 Å². The lowest BCUT2D eigenvalue weighted by Gasteiger charge is -2.20. The molecule has 0 bridgehead atoms. The molecule has 0 aliphatic carbocycles. The molecule has 1 rings (SSSR count). The van der Waals surface area contributed by atoms with Crippen molar-refractivity contribution < 1.29 is 0 Å². The van der Waals surface area contributed by atoms with Crippen LogP contribution in [0.3, 0.4) is 0 Å². The van der Waals surface area contributed by atoms with Gasteiger partial charge < -0.3 is 10.2 Å². The normalized spacial score (nSPS) is 12.1. The highest BCUT2D eigenvalue weighted by atomic mass is 35.5. The molecule has 120 valence electrons. The highest BCUT2D eigenvalue weighted by Gasteiger charge is 2.07. The first-order valence-corrected chi connectivity index (χ1v) is 8.43. The number of rotatable bonds is 9. The van der Waals surface area contributed by atoms with Crippen molar-refractivity contribution in [1.82, 2.24) is 10.2 Å². The Balaban J connectivity index is 2.05. The molecule has 1 aromatic rings. The van der Waals surface area contributed by atoms with Crippen LogP contribution in [0.5, 0.6) is 0 Å². The fourth-order valence-corrected chi connectivity index (χ4v) is 2.56. The molecule has 0 unspecified atom stereocenters. The summed E-state index contributed by atoms with van der Waals surface area (Å²) >= 11 is 6.01. The number of halogens is 1. The Morgan fingerprint density at radius 2 is 1.81 bits per heavy atom. The van der Waals surface area contributed by atoms with Gasteiger partial charge in [-0.25, -0.2) is 0 Å². The summed E-state index contributed by atoms with van der Waals surface area (Å²) in [4.78, 5) is 2.37. The highest BCUT2D eigenvalue weighted by molar-refractivity contribution is 6.30. The lowest BCUT2D eigenvalue weighted by atomic mass is 10.1. The summed E-state index contributed by atoms with van der Waals surface area (Å²) in [5.74, 6) is 0. The molecule has 3 heteroatoms. The maximum atomic E-state index is 6.01. The average molecular weight is 311 g/mol. The van der Waals surface area contributed by atoms with E-state index in [4.69, 9.17) is 11.6 Å². The van der Waals surface area contributed by atoms with Crippen molar-refractivity contribution in [3.8, 4) is 0 Å². The van der Waals surface area contributed by atoms with Gasteiger partial charge in [-0.3, -0.25) is 0 Å². The topological polar surface area (TPSA) is 15.3 Å². The van der Waals surface area contributed by atoms with E-state index in [1.807, 2.05) is 12.1 Å². The van der Waals surface area contributed by atoms with Crippen LogP contribution >= 0.6 is 11.6 Å². The first-order chi connectivity index (χ1) is 9.87. The van der Waals surface area contributed by atoms with Crippen LogP contribution in [0.25, 0.3) is 0 Å². The number of nitrogens with one attached hydrogen (secondary N) is 1. The van der Waals surface area contributed by atoms with E-state index in [-0.39, 0.29) is 5.54 Å². The van der Waals surface area contributed by atoms with E-state index in [1.54, 1.807) is 0 Å². The maximum absolute atomic E-state index is 6.01. The summed E-state index contributed by atoms with van der Waals surface area (Å²) in [5.41, 5.74) is 1.54. The molecule has 0 fully saturated rings. The van der Waals surface area contributed by atoms with Gasteiger partial charge in [-0.1, -0.05) is 36.6 Å². The minimum atomic E-state index is 0.247. The number of unbranched alkanes of at least 4 members (excludes halogenated alkanes) is 3. The second-order valence-electron chi connectivity index (χ2n) is 6.96. The molecule has 0 atom stereocenters. The van der Waals surface area contributed by atoms with Gasteiger partial charge in [0.05, 0.1) is 0 Å². The fourth-order valence-electron chi connectivity index (χ4n) is 2.35. The second kappa shape index (κ2) is 9.45. The van der Waals surface area contributed by atoms with Gasteiger partial charge in [-0.15, -0.1) is 0 Å². The van der Waals surface area contributed by atoms with Gasteiger partial charge in [-0.2, -0.15) is 0 Å². The molecule has 0 aromatic heterocycles. The summed E-state index contributed by atoms with van der Waals surface area (Å²) in [5, 5.41) is 4.36. The lowest BCUT2D eigenvalue weighted by Crippen LogP contribution is -2.36. The predicted molar refractivity (Wildman–Crippen MR) is 94.0 cm³/mol. The second-order valence-corrected chi connectivity index (χ2v) is 7.40. The van der Waals surface area contributed by atoms with Gasteiger partial charge in [0.25, 0.3) is 0 Å². The van der Waals surface area contributed by atoms with Crippen molar-refractivity contribution in [3.05, 3.63) is 34.9 Å². The van der Waals surface area contributed by atoms with Crippen LogP contribution in [0.1, 0.15) is 52.0 Å². The fraction of sp³-hybridized carbons (Fsp3) is 0.667. The van der Waals surface area contributed by atoms with Crippen molar-refractivity contribution in [2.75, 3.05) is 20.1 Å². The van der Waals surface area contributed by atoms with Gasteiger partial charge in [-0.05, 0) is 71.4 Å². The van der Waals surface area contributed by atoms with Crippen LogP contribution < -0.4 is 5.32 Å². The molecule has 0 aliphatic rings. The van der Waals surface area contributed by atoms with Crippen LogP contribution in [0.2, 0.25) is 5.02 Å². The Morgan fingerprint density at radius 3 is 2.48 bits per heavy atom. The summed E-state index contributed by atoms with van der Waals surface area (Å²) in [7, 11) is 2.18. The first-order valence-electron chi connectivity index (χ1n) is 8.05. The molecule has 0 radical (unpaired) electrons.